The van der Waals surface area contributed by atoms with Gasteiger partial charge in [0.15, 0.2) is 11.6 Å². The maximum atomic E-state index is 14.4. The SMILES string of the molecule is O=C(Nc1cc(F)c(N2CCCC2)c(F)c1)c1cccc2cn[nH]c12. The molecule has 4 rings (SSSR count). The summed E-state index contributed by atoms with van der Waals surface area (Å²) < 4.78 is 28.7. The predicted octanol–water partition coefficient (Wildman–Crippen LogP) is 3.69. The van der Waals surface area contributed by atoms with Gasteiger partial charge in [0.05, 0.1) is 17.3 Å². The minimum Gasteiger partial charge on any atom is -0.367 e. The Labute approximate surface area is 142 Å². The fraction of sp³-hybridized carbons (Fsp3) is 0.222. The molecule has 1 saturated heterocycles. The number of aromatic amines is 1. The van der Waals surface area contributed by atoms with Crippen molar-refractivity contribution in [3.8, 4) is 0 Å². The summed E-state index contributed by atoms with van der Waals surface area (Å²) in [5.41, 5.74) is 1.000. The summed E-state index contributed by atoms with van der Waals surface area (Å²) in [4.78, 5) is 14.2. The third-order valence-electron chi connectivity index (χ3n) is 4.42. The van der Waals surface area contributed by atoms with Crippen molar-refractivity contribution >= 4 is 28.2 Å². The number of para-hydroxylation sites is 1. The van der Waals surface area contributed by atoms with E-state index < -0.39 is 17.5 Å². The smallest absolute Gasteiger partial charge is 0.257 e. The topological polar surface area (TPSA) is 61.0 Å². The Morgan fingerprint density at radius 1 is 1.16 bits per heavy atom. The Morgan fingerprint density at radius 2 is 1.88 bits per heavy atom. The molecule has 0 saturated carbocycles. The van der Waals surface area contributed by atoms with Crippen LogP contribution in [0.1, 0.15) is 23.2 Å². The molecule has 0 bridgehead atoms. The number of nitrogens with one attached hydrogen (secondary N) is 2. The molecule has 2 heterocycles. The molecular formula is C18H16F2N4O. The van der Waals surface area contributed by atoms with Crippen LogP contribution in [-0.4, -0.2) is 29.2 Å². The van der Waals surface area contributed by atoms with E-state index in [2.05, 4.69) is 15.5 Å². The molecule has 5 nitrogen and oxygen atoms in total. The first-order chi connectivity index (χ1) is 12.1. The molecule has 1 fully saturated rings. The first kappa shape index (κ1) is 15.6. The molecule has 2 aromatic carbocycles. The van der Waals surface area contributed by atoms with Gasteiger partial charge in [-0.1, -0.05) is 12.1 Å². The number of nitrogens with zero attached hydrogens (tertiary/aromatic N) is 2. The highest BCUT2D eigenvalue weighted by Gasteiger charge is 2.22. The van der Waals surface area contributed by atoms with Crippen molar-refractivity contribution in [2.45, 2.75) is 12.8 Å². The van der Waals surface area contributed by atoms with Crippen LogP contribution in [0.3, 0.4) is 0 Å². The fourth-order valence-electron chi connectivity index (χ4n) is 3.24. The summed E-state index contributed by atoms with van der Waals surface area (Å²) in [5, 5.41) is 10.0. The van der Waals surface area contributed by atoms with Crippen molar-refractivity contribution in [1.29, 1.82) is 0 Å². The third-order valence-corrected chi connectivity index (χ3v) is 4.42. The van der Waals surface area contributed by atoms with E-state index in [0.29, 0.717) is 24.2 Å². The Kier molecular flexibility index (Phi) is 3.83. The van der Waals surface area contributed by atoms with Crippen LogP contribution < -0.4 is 10.2 Å². The van der Waals surface area contributed by atoms with Crippen LogP contribution in [0, 0.1) is 11.6 Å². The van der Waals surface area contributed by atoms with Crippen molar-refractivity contribution in [3.05, 3.63) is 53.7 Å². The number of hydrogen-bond donors (Lipinski definition) is 2. The standard InChI is InChI=1S/C18H16F2N4O/c19-14-8-12(9-15(20)17(14)24-6-1-2-7-24)22-18(25)13-5-3-4-11-10-21-23-16(11)13/h3-5,8-10H,1-2,6-7H2,(H,21,23)(H,22,25). The Balaban J connectivity index is 1.62. The van der Waals surface area contributed by atoms with E-state index in [0.717, 1.165) is 30.4 Å². The average Bonchev–Trinajstić information content (AvgIpc) is 3.25. The van der Waals surface area contributed by atoms with Crippen LogP contribution in [0.25, 0.3) is 10.9 Å². The molecule has 1 aliphatic rings. The number of anilines is 2. The van der Waals surface area contributed by atoms with Crippen LogP contribution in [0.4, 0.5) is 20.2 Å². The molecule has 0 unspecified atom stereocenters. The summed E-state index contributed by atoms with van der Waals surface area (Å²) in [6.07, 6.45) is 3.45. The first-order valence-corrected chi connectivity index (χ1v) is 8.11. The maximum absolute atomic E-state index is 14.4. The van der Waals surface area contributed by atoms with Crippen molar-refractivity contribution in [1.82, 2.24) is 10.2 Å². The van der Waals surface area contributed by atoms with Gasteiger partial charge in [-0.3, -0.25) is 9.89 Å². The quantitative estimate of drug-likeness (QED) is 0.763. The lowest BCUT2D eigenvalue weighted by Crippen LogP contribution is -2.21. The highest BCUT2D eigenvalue weighted by molar-refractivity contribution is 6.11. The summed E-state index contributed by atoms with van der Waals surface area (Å²) in [6, 6.07) is 7.48. The molecule has 1 aromatic heterocycles. The Hall–Kier alpha value is -2.96. The summed E-state index contributed by atoms with van der Waals surface area (Å²) in [5.74, 6) is -1.79. The van der Waals surface area contributed by atoms with Gasteiger partial charge in [-0.25, -0.2) is 8.78 Å². The molecule has 128 valence electrons. The van der Waals surface area contributed by atoms with Gasteiger partial charge in [-0.05, 0) is 31.0 Å². The lowest BCUT2D eigenvalue weighted by molar-refractivity contribution is 0.102. The van der Waals surface area contributed by atoms with Crippen molar-refractivity contribution < 1.29 is 13.6 Å². The number of H-pyrrole nitrogens is 1. The van der Waals surface area contributed by atoms with Crippen molar-refractivity contribution in [2.24, 2.45) is 0 Å². The van der Waals surface area contributed by atoms with Gasteiger partial charge in [0.25, 0.3) is 5.91 Å². The molecule has 0 atom stereocenters. The van der Waals surface area contributed by atoms with E-state index in [1.54, 1.807) is 23.2 Å². The summed E-state index contributed by atoms with van der Waals surface area (Å²) in [7, 11) is 0. The van der Waals surface area contributed by atoms with E-state index in [1.807, 2.05) is 6.07 Å². The number of benzene rings is 2. The van der Waals surface area contributed by atoms with Crippen molar-refractivity contribution in [2.75, 3.05) is 23.3 Å². The van der Waals surface area contributed by atoms with Crippen molar-refractivity contribution in [3.63, 3.8) is 0 Å². The highest BCUT2D eigenvalue weighted by atomic mass is 19.1. The zero-order valence-electron chi connectivity index (χ0n) is 13.4. The molecule has 1 amide bonds. The molecule has 7 heteroatoms. The number of fused-ring (bicyclic) bond motifs is 1. The Bertz CT molecular complexity index is 924. The van der Waals surface area contributed by atoms with Gasteiger partial charge >= 0.3 is 0 Å². The van der Waals surface area contributed by atoms with E-state index in [-0.39, 0.29) is 11.4 Å². The van der Waals surface area contributed by atoms with Gasteiger partial charge in [-0.15, -0.1) is 0 Å². The number of aromatic nitrogens is 2. The maximum Gasteiger partial charge on any atom is 0.257 e. The fourth-order valence-corrected chi connectivity index (χ4v) is 3.24. The van der Waals surface area contributed by atoms with E-state index in [1.165, 1.54) is 0 Å². The lowest BCUT2D eigenvalue weighted by Gasteiger charge is -2.19. The molecule has 0 spiro atoms. The Morgan fingerprint density at radius 3 is 2.60 bits per heavy atom. The molecule has 25 heavy (non-hydrogen) atoms. The van der Waals surface area contributed by atoms with Crippen LogP contribution in [0.2, 0.25) is 0 Å². The second-order valence-electron chi connectivity index (χ2n) is 6.08. The second kappa shape index (κ2) is 6.16. The number of carbonyl (C=O) groups is 1. The van der Waals surface area contributed by atoms with Gasteiger partial charge in [0.1, 0.15) is 5.69 Å². The highest BCUT2D eigenvalue weighted by Crippen LogP contribution is 2.30. The monoisotopic (exact) mass is 342 g/mol. The van der Waals surface area contributed by atoms with Crippen LogP contribution in [-0.2, 0) is 0 Å². The number of halogens is 2. The molecule has 1 aliphatic heterocycles. The zero-order chi connectivity index (χ0) is 17.4. The predicted molar refractivity (Wildman–Crippen MR) is 91.9 cm³/mol. The average molecular weight is 342 g/mol. The zero-order valence-corrected chi connectivity index (χ0v) is 13.4. The summed E-state index contributed by atoms with van der Waals surface area (Å²) in [6.45, 7) is 1.28. The minimum absolute atomic E-state index is 0.0221. The minimum atomic E-state index is -0.669. The first-order valence-electron chi connectivity index (χ1n) is 8.11. The number of amides is 1. The lowest BCUT2D eigenvalue weighted by atomic mass is 10.1. The summed E-state index contributed by atoms with van der Waals surface area (Å²) >= 11 is 0. The van der Waals surface area contributed by atoms with Gasteiger partial charge < -0.3 is 10.2 Å². The normalized spacial score (nSPS) is 14.2. The second-order valence-corrected chi connectivity index (χ2v) is 6.08. The third kappa shape index (κ3) is 2.82. The van der Waals surface area contributed by atoms with Crippen LogP contribution in [0.15, 0.2) is 36.5 Å². The van der Waals surface area contributed by atoms with E-state index >= 15 is 0 Å². The number of carbonyl (C=O) groups excluding carboxylic acids is 1. The number of hydrogen-bond acceptors (Lipinski definition) is 3. The molecular weight excluding hydrogens is 326 g/mol. The van der Waals surface area contributed by atoms with Gasteiger partial charge in [0.2, 0.25) is 0 Å². The molecule has 2 N–H and O–H groups in total. The van der Waals surface area contributed by atoms with E-state index in [4.69, 9.17) is 0 Å². The van der Waals surface area contributed by atoms with Gasteiger partial charge in [-0.2, -0.15) is 5.10 Å². The van der Waals surface area contributed by atoms with Gasteiger partial charge in [0, 0.05) is 24.2 Å². The van der Waals surface area contributed by atoms with E-state index in [9.17, 15) is 13.6 Å². The number of rotatable bonds is 3. The van der Waals surface area contributed by atoms with Crippen LogP contribution >= 0.6 is 0 Å². The largest absolute Gasteiger partial charge is 0.367 e. The molecule has 0 radical (unpaired) electrons. The van der Waals surface area contributed by atoms with Crippen LogP contribution in [0.5, 0.6) is 0 Å². The molecule has 3 aromatic rings. The molecule has 0 aliphatic carbocycles.